The molecule has 0 fully saturated rings. The number of aliphatic hydroxyl groups excluding tert-OH is 1. The third kappa shape index (κ3) is 7.53. The number of hydrogen-bond donors (Lipinski definition) is 2. The lowest BCUT2D eigenvalue weighted by Crippen LogP contribution is -2.38. The molecule has 0 radical (unpaired) electrons. The molecule has 1 amide bonds. The summed E-state index contributed by atoms with van der Waals surface area (Å²) in [6.07, 6.45) is -0.113. The lowest BCUT2D eigenvalue weighted by molar-refractivity contribution is -0.122. The van der Waals surface area contributed by atoms with Crippen LogP contribution in [0.2, 0.25) is 0 Å². The molecule has 0 saturated carbocycles. The van der Waals surface area contributed by atoms with E-state index >= 15 is 0 Å². The van der Waals surface area contributed by atoms with Gasteiger partial charge >= 0.3 is 0 Å². The standard InChI is InChI=1S/C9H17N3O2/c1-8(13)6-12(2)7-9(14)11-5-3-4-10/h8,13H,3,5-7H2,1-2H3,(H,11,14). The van der Waals surface area contributed by atoms with Crippen LogP contribution in [0.5, 0.6) is 0 Å². The van der Waals surface area contributed by atoms with Gasteiger partial charge in [0.05, 0.1) is 25.1 Å². The molecule has 0 aliphatic carbocycles. The topological polar surface area (TPSA) is 76.4 Å². The van der Waals surface area contributed by atoms with Crippen LogP contribution in [0.15, 0.2) is 0 Å². The summed E-state index contributed by atoms with van der Waals surface area (Å²) in [5.74, 6) is -0.122. The normalized spacial score (nSPS) is 12.2. The van der Waals surface area contributed by atoms with Crippen LogP contribution in [0.25, 0.3) is 0 Å². The van der Waals surface area contributed by atoms with Crippen molar-refractivity contribution in [2.24, 2.45) is 0 Å². The zero-order chi connectivity index (χ0) is 11.0. The number of rotatable bonds is 6. The minimum Gasteiger partial charge on any atom is -0.392 e. The zero-order valence-corrected chi connectivity index (χ0v) is 8.66. The summed E-state index contributed by atoms with van der Waals surface area (Å²) < 4.78 is 0. The molecule has 0 aliphatic heterocycles. The van der Waals surface area contributed by atoms with Gasteiger partial charge in [-0.15, -0.1) is 0 Å². The highest BCUT2D eigenvalue weighted by Crippen LogP contribution is 1.87. The first-order chi connectivity index (χ1) is 6.56. The molecule has 5 nitrogen and oxygen atoms in total. The van der Waals surface area contributed by atoms with E-state index in [9.17, 15) is 4.79 Å². The van der Waals surface area contributed by atoms with E-state index in [0.29, 0.717) is 19.5 Å². The van der Waals surface area contributed by atoms with E-state index in [0.717, 1.165) is 0 Å². The largest absolute Gasteiger partial charge is 0.392 e. The molecule has 0 saturated heterocycles. The maximum atomic E-state index is 11.2. The molecule has 0 heterocycles. The Morgan fingerprint density at radius 1 is 1.71 bits per heavy atom. The van der Waals surface area contributed by atoms with Gasteiger partial charge in [0.2, 0.25) is 5.91 Å². The summed E-state index contributed by atoms with van der Waals surface area (Å²) in [6.45, 7) is 2.77. The Hall–Kier alpha value is -1.12. The van der Waals surface area contributed by atoms with Gasteiger partial charge in [-0.3, -0.25) is 9.69 Å². The number of carbonyl (C=O) groups excluding carboxylic acids is 1. The Morgan fingerprint density at radius 2 is 2.36 bits per heavy atom. The summed E-state index contributed by atoms with van der Waals surface area (Å²) in [5.41, 5.74) is 0. The number of nitrogens with one attached hydrogen (secondary N) is 1. The van der Waals surface area contributed by atoms with Crippen molar-refractivity contribution < 1.29 is 9.90 Å². The molecule has 1 atom stereocenters. The number of nitriles is 1. The average Bonchev–Trinajstić information content (AvgIpc) is 2.02. The predicted octanol–water partition coefficient (Wildman–Crippen LogP) is -0.671. The first-order valence-corrected chi connectivity index (χ1v) is 4.56. The second kappa shape index (κ2) is 7.30. The maximum absolute atomic E-state index is 11.2. The van der Waals surface area contributed by atoms with Crippen LogP contribution in [0.4, 0.5) is 0 Å². The lowest BCUT2D eigenvalue weighted by Gasteiger charge is -2.17. The second-order valence-corrected chi connectivity index (χ2v) is 3.30. The fourth-order valence-corrected chi connectivity index (χ4v) is 1.07. The molecular formula is C9H17N3O2. The van der Waals surface area contributed by atoms with Gasteiger partial charge in [-0.1, -0.05) is 0 Å². The Morgan fingerprint density at radius 3 is 2.86 bits per heavy atom. The first kappa shape index (κ1) is 12.9. The third-order valence-corrected chi connectivity index (χ3v) is 1.55. The molecule has 2 N–H and O–H groups in total. The van der Waals surface area contributed by atoms with Gasteiger partial charge in [-0.2, -0.15) is 5.26 Å². The molecule has 0 bridgehead atoms. The van der Waals surface area contributed by atoms with E-state index in [-0.39, 0.29) is 12.5 Å². The molecule has 14 heavy (non-hydrogen) atoms. The smallest absolute Gasteiger partial charge is 0.234 e. The highest BCUT2D eigenvalue weighted by molar-refractivity contribution is 5.77. The zero-order valence-electron chi connectivity index (χ0n) is 8.66. The second-order valence-electron chi connectivity index (χ2n) is 3.30. The average molecular weight is 199 g/mol. The van der Waals surface area contributed by atoms with Crippen molar-refractivity contribution in [3.05, 3.63) is 0 Å². The van der Waals surface area contributed by atoms with Gasteiger partial charge in [0.15, 0.2) is 0 Å². The lowest BCUT2D eigenvalue weighted by atomic mass is 10.3. The van der Waals surface area contributed by atoms with Crippen molar-refractivity contribution in [3.63, 3.8) is 0 Å². The molecule has 0 aromatic rings. The fourth-order valence-electron chi connectivity index (χ4n) is 1.07. The highest BCUT2D eigenvalue weighted by atomic mass is 16.3. The Bertz CT molecular complexity index is 211. The fraction of sp³-hybridized carbons (Fsp3) is 0.778. The number of amides is 1. The van der Waals surface area contributed by atoms with E-state index in [1.807, 2.05) is 6.07 Å². The highest BCUT2D eigenvalue weighted by Gasteiger charge is 2.07. The Kier molecular flexibility index (Phi) is 6.72. The molecule has 5 heteroatoms. The van der Waals surface area contributed by atoms with Crippen LogP contribution < -0.4 is 5.32 Å². The van der Waals surface area contributed by atoms with Crippen molar-refractivity contribution in [1.29, 1.82) is 5.26 Å². The van der Waals surface area contributed by atoms with Crippen LogP contribution in [-0.2, 0) is 4.79 Å². The third-order valence-electron chi connectivity index (χ3n) is 1.55. The van der Waals surface area contributed by atoms with E-state index in [2.05, 4.69) is 5.32 Å². The maximum Gasteiger partial charge on any atom is 0.234 e. The number of aliphatic hydroxyl groups is 1. The Balaban J connectivity index is 3.56. The molecule has 0 aliphatic rings. The van der Waals surface area contributed by atoms with Gasteiger partial charge < -0.3 is 10.4 Å². The van der Waals surface area contributed by atoms with E-state index in [1.54, 1.807) is 18.9 Å². The van der Waals surface area contributed by atoms with Crippen LogP contribution in [0.3, 0.4) is 0 Å². The SMILES string of the molecule is CC(O)CN(C)CC(=O)NCCC#N. The summed E-state index contributed by atoms with van der Waals surface area (Å²) in [5, 5.41) is 19.9. The molecule has 0 aromatic carbocycles. The van der Waals surface area contributed by atoms with Crippen molar-refractivity contribution in [2.45, 2.75) is 19.4 Å². The minimum absolute atomic E-state index is 0.122. The molecule has 80 valence electrons. The van der Waals surface area contributed by atoms with Crippen molar-refractivity contribution in [1.82, 2.24) is 10.2 Å². The summed E-state index contributed by atoms with van der Waals surface area (Å²) in [4.78, 5) is 12.9. The molecular weight excluding hydrogens is 182 g/mol. The van der Waals surface area contributed by atoms with Gasteiger partial charge in [-0.05, 0) is 14.0 Å². The monoisotopic (exact) mass is 199 g/mol. The van der Waals surface area contributed by atoms with Crippen LogP contribution >= 0.6 is 0 Å². The Labute approximate surface area is 84.3 Å². The molecule has 1 unspecified atom stereocenters. The minimum atomic E-state index is -0.438. The van der Waals surface area contributed by atoms with E-state index in [1.165, 1.54) is 0 Å². The van der Waals surface area contributed by atoms with Crippen molar-refractivity contribution in [3.8, 4) is 6.07 Å². The summed E-state index contributed by atoms with van der Waals surface area (Å²) in [6, 6.07) is 1.94. The summed E-state index contributed by atoms with van der Waals surface area (Å²) >= 11 is 0. The first-order valence-electron chi connectivity index (χ1n) is 4.56. The van der Waals surface area contributed by atoms with Crippen molar-refractivity contribution >= 4 is 5.91 Å². The number of carbonyl (C=O) groups is 1. The van der Waals surface area contributed by atoms with Gasteiger partial charge in [0.25, 0.3) is 0 Å². The van der Waals surface area contributed by atoms with Gasteiger partial charge in [0.1, 0.15) is 0 Å². The van der Waals surface area contributed by atoms with E-state index in [4.69, 9.17) is 10.4 Å². The van der Waals surface area contributed by atoms with Gasteiger partial charge in [-0.25, -0.2) is 0 Å². The summed E-state index contributed by atoms with van der Waals surface area (Å²) in [7, 11) is 1.76. The van der Waals surface area contributed by atoms with Crippen LogP contribution in [0, 0.1) is 11.3 Å². The number of likely N-dealkylation sites (N-methyl/N-ethyl adjacent to an activating group) is 1. The number of nitrogens with zero attached hydrogens (tertiary/aromatic N) is 2. The van der Waals surface area contributed by atoms with Gasteiger partial charge in [0, 0.05) is 13.1 Å². The van der Waals surface area contributed by atoms with E-state index < -0.39 is 6.10 Å². The molecule has 0 spiro atoms. The van der Waals surface area contributed by atoms with Crippen LogP contribution in [-0.4, -0.2) is 48.7 Å². The van der Waals surface area contributed by atoms with Crippen molar-refractivity contribution in [2.75, 3.05) is 26.7 Å². The number of hydrogen-bond acceptors (Lipinski definition) is 4. The predicted molar refractivity (Wildman–Crippen MR) is 52.4 cm³/mol. The quantitative estimate of drug-likeness (QED) is 0.556. The molecule has 0 aromatic heterocycles. The molecule has 0 rings (SSSR count). The van der Waals surface area contributed by atoms with Crippen LogP contribution in [0.1, 0.15) is 13.3 Å².